The molecule has 168 valence electrons. The van der Waals surface area contributed by atoms with Gasteiger partial charge in [-0.15, -0.1) is 0 Å². The van der Waals surface area contributed by atoms with Gasteiger partial charge >= 0.3 is 6.03 Å². The summed E-state index contributed by atoms with van der Waals surface area (Å²) in [5.74, 6) is 0. The summed E-state index contributed by atoms with van der Waals surface area (Å²) >= 11 is 0. The van der Waals surface area contributed by atoms with Crippen molar-refractivity contribution >= 4 is 28.2 Å². The number of hydrogen-bond donors (Lipinski definition) is 2. The van der Waals surface area contributed by atoms with Crippen LogP contribution < -0.4 is 10.6 Å². The van der Waals surface area contributed by atoms with E-state index < -0.39 is 0 Å². The van der Waals surface area contributed by atoms with E-state index in [4.69, 9.17) is 0 Å². The molecule has 34 heavy (non-hydrogen) atoms. The number of aromatic nitrogens is 2. The van der Waals surface area contributed by atoms with Crippen LogP contribution in [0.25, 0.3) is 21.9 Å². The normalized spacial score (nSPS) is 13.9. The zero-order chi connectivity index (χ0) is 23.3. The van der Waals surface area contributed by atoms with E-state index in [0.717, 1.165) is 40.4 Å². The molecule has 0 aliphatic carbocycles. The molecule has 0 bridgehead atoms. The molecular formula is C27H24N6O. The number of benzene rings is 2. The lowest BCUT2D eigenvalue weighted by Crippen LogP contribution is -2.44. The minimum Gasteiger partial charge on any atom is -0.382 e. The van der Waals surface area contributed by atoms with Gasteiger partial charge in [0.15, 0.2) is 0 Å². The first-order valence-corrected chi connectivity index (χ1v) is 11.3. The van der Waals surface area contributed by atoms with Gasteiger partial charge < -0.3 is 15.5 Å². The molecule has 2 aromatic carbocycles. The number of likely N-dealkylation sites (tertiary alicyclic amines) is 1. The summed E-state index contributed by atoms with van der Waals surface area (Å²) in [4.78, 5) is 22.8. The highest BCUT2D eigenvalue weighted by atomic mass is 16.2. The maximum absolute atomic E-state index is 12.6. The molecule has 3 heterocycles. The number of urea groups is 1. The van der Waals surface area contributed by atoms with Gasteiger partial charge in [-0.05, 0) is 71.8 Å². The Morgan fingerprint density at radius 1 is 0.971 bits per heavy atom. The molecule has 7 heteroatoms. The number of amides is 2. The van der Waals surface area contributed by atoms with E-state index in [1.54, 1.807) is 24.7 Å². The van der Waals surface area contributed by atoms with Crippen molar-refractivity contribution in [1.82, 2.24) is 14.9 Å². The minimum absolute atomic E-state index is 0.0968. The van der Waals surface area contributed by atoms with E-state index in [-0.39, 0.29) is 12.1 Å². The monoisotopic (exact) mass is 448 g/mol. The Hall–Kier alpha value is -4.44. The Morgan fingerprint density at radius 3 is 2.62 bits per heavy atom. The zero-order valence-electron chi connectivity index (χ0n) is 18.6. The summed E-state index contributed by atoms with van der Waals surface area (Å²) in [6.07, 6.45) is 8.68. The van der Waals surface area contributed by atoms with Crippen molar-refractivity contribution < 1.29 is 4.79 Å². The summed E-state index contributed by atoms with van der Waals surface area (Å²) in [5, 5.41) is 18.0. The fourth-order valence-electron chi connectivity index (χ4n) is 4.34. The van der Waals surface area contributed by atoms with Crippen LogP contribution in [-0.4, -0.2) is 40.0 Å². The van der Waals surface area contributed by atoms with Gasteiger partial charge in [-0.3, -0.25) is 9.97 Å². The van der Waals surface area contributed by atoms with Gasteiger partial charge in [-0.2, -0.15) is 5.26 Å². The standard InChI is InChI=1S/C27H24N6O/c28-16-19-3-1-4-20(13-19)22-14-21-6-10-30-18-25(21)26(15-22)31-23-7-11-33(12-8-23)27(34)32-24-5-2-9-29-17-24/h1-6,9-10,13-15,17-18,23,31H,7-8,11-12H2,(H,32,34). The van der Waals surface area contributed by atoms with Gasteiger partial charge in [0.05, 0.1) is 23.5 Å². The van der Waals surface area contributed by atoms with Gasteiger partial charge in [-0.1, -0.05) is 12.1 Å². The number of nitriles is 1. The molecule has 0 unspecified atom stereocenters. The van der Waals surface area contributed by atoms with Crippen LogP contribution >= 0.6 is 0 Å². The molecule has 0 radical (unpaired) electrons. The Bertz CT molecular complexity index is 1360. The number of anilines is 2. The zero-order valence-corrected chi connectivity index (χ0v) is 18.6. The van der Waals surface area contributed by atoms with Crippen molar-refractivity contribution in [3.63, 3.8) is 0 Å². The second-order valence-corrected chi connectivity index (χ2v) is 8.39. The molecule has 2 N–H and O–H groups in total. The molecule has 4 aromatic rings. The first-order valence-electron chi connectivity index (χ1n) is 11.3. The lowest BCUT2D eigenvalue weighted by atomic mass is 9.98. The van der Waals surface area contributed by atoms with Gasteiger partial charge in [0.1, 0.15) is 0 Å². The molecular weight excluding hydrogens is 424 g/mol. The van der Waals surface area contributed by atoms with E-state index in [1.807, 2.05) is 47.5 Å². The van der Waals surface area contributed by atoms with Crippen LogP contribution in [0.5, 0.6) is 0 Å². The van der Waals surface area contributed by atoms with E-state index in [9.17, 15) is 10.1 Å². The second-order valence-electron chi connectivity index (χ2n) is 8.39. The quantitative estimate of drug-likeness (QED) is 0.443. The smallest absolute Gasteiger partial charge is 0.321 e. The lowest BCUT2D eigenvalue weighted by Gasteiger charge is -2.33. The molecule has 1 aliphatic heterocycles. The predicted molar refractivity (Wildman–Crippen MR) is 133 cm³/mol. The maximum Gasteiger partial charge on any atom is 0.321 e. The molecule has 1 fully saturated rings. The predicted octanol–water partition coefficient (Wildman–Crippen LogP) is 5.28. The SMILES string of the molecule is N#Cc1cccc(-c2cc(NC3CCN(C(=O)Nc4cccnc4)CC3)c3cnccc3c2)c1. The summed E-state index contributed by atoms with van der Waals surface area (Å²) < 4.78 is 0. The number of carbonyl (C=O) groups is 1. The van der Waals surface area contributed by atoms with Crippen molar-refractivity contribution in [3.05, 3.63) is 84.9 Å². The first-order chi connectivity index (χ1) is 16.7. The van der Waals surface area contributed by atoms with Crippen LogP contribution in [-0.2, 0) is 0 Å². The fraction of sp³-hybridized carbons (Fsp3) is 0.185. The third-order valence-electron chi connectivity index (χ3n) is 6.14. The molecule has 5 rings (SSSR count). The minimum atomic E-state index is -0.0968. The van der Waals surface area contributed by atoms with E-state index in [1.165, 1.54) is 0 Å². The molecule has 2 aromatic heterocycles. The number of pyridine rings is 2. The summed E-state index contributed by atoms with van der Waals surface area (Å²) in [7, 11) is 0. The number of fused-ring (bicyclic) bond motifs is 1. The Balaban J connectivity index is 1.32. The van der Waals surface area contributed by atoms with Crippen LogP contribution in [0.2, 0.25) is 0 Å². The summed E-state index contributed by atoms with van der Waals surface area (Å²) in [5.41, 5.74) is 4.40. The van der Waals surface area contributed by atoms with Crippen LogP contribution in [0.1, 0.15) is 18.4 Å². The van der Waals surface area contributed by atoms with Gasteiger partial charge in [0.2, 0.25) is 0 Å². The molecule has 0 saturated carbocycles. The fourth-order valence-corrected chi connectivity index (χ4v) is 4.34. The van der Waals surface area contributed by atoms with E-state index >= 15 is 0 Å². The molecule has 1 saturated heterocycles. The lowest BCUT2D eigenvalue weighted by molar-refractivity contribution is 0.197. The molecule has 2 amide bonds. The van der Waals surface area contributed by atoms with Crippen LogP contribution in [0.3, 0.4) is 0 Å². The van der Waals surface area contributed by atoms with Gasteiger partial charge in [0, 0.05) is 48.8 Å². The third kappa shape index (κ3) is 4.66. The van der Waals surface area contributed by atoms with Crippen LogP contribution in [0, 0.1) is 11.3 Å². The first kappa shape index (κ1) is 21.4. The van der Waals surface area contributed by atoms with Crippen LogP contribution in [0.15, 0.2) is 79.4 Å². The highest BCUT2D eigenvalue weighted by molar-refractivity contribution is 5.97. The van der Waals surface area contributed by atoms with Crippen molar-refractivity contribution in [3.8, 4) is 17.2 Å². The Kier molecular flexibility index (Phi) is 6.04. The number of nitrogens with one attached hydrogen (secondary N) is 2. The largest absolute Gasteiger partial charge is 0.382 e. The van der Waals surface area contributed by atoms with Crippen LogP contribution in [0.4, 0.5) is 16.2 Å². The molecule has 0 atom stereocenters. The third-order valence-corrected chi connectivity index (χ3v) is 6.14. The van der Waals surface area contributed by atoms with E-state index in [0.29, 0.717) is 24.3 Å². The molecule has 7 nitrogen and oxygen atoms in total. The molecule has 1 aliphatic rings. The molecule has 0 spiro atoms. The second kappa shape index (κ2) is 9.59. The van der Waals surface area contributed by atoms with E-state index in [2.05, 4.69) is 38.8 Å². The number of nitrogens with zero attached hydrogens (tertiary/aromatic N) is 4. The highest BCUT2D eigenvalue weighted by Gasteiger charge is 2.23. The van der Waals surface area contributed by atoms with Crippen molar-refractivity contribution in [2.24, 2.45) is 0 Å². The van der Waals surface area contributed by atoms with Crippen molar-refractivity contribution in [2.45, 2.75) is 18.9 Å². The topological polar surface area (TPSA) is 93.9 Å². The average Bonchev–Trinajstić information content (AvgIpc) is 2.89. The summed E-state index contributed by atoms with van der Waals surface area (Å²) in [6, 6.07) is 19.9. The van der Waals surface area contributed by atoms with Gasteiger partial charge in [0.25, 0.3) is 0 Å². The Labute approximate surface area is 198 Å². The van der Waals surface area contributed by atoms with Crippen molar-refractivity contribution in [1.29, 1.82) is 5.26 Å². The Morgan fingerprint density at radius 2 is 1.82 bits per heavy atom. The number of piperidine rings is 1. The number of rotatable bonds is 4. The summed E-state index contributed by atoms with van der Waals surface area (Å²) in [6.45, 7) is 1.34. The van der Waals surface area contributed by atoms with Crippen molar-refractivity contribution in [2.75, 3.05) is 23.7 Å². The average molecular weight is 449 g/mol. The number of carbonyl (C=O) groups excluding carboxylic acids is 1. The highest BCUT2D eigenvalue weighted by Crippen LogP contribution is 2.32. The number of hydrogen-bond acceptors (Lipinski definition) is 5. The van der Waals surface area contributed by atoms with Gasteiger partial charge in [-0.25, -0.2) is 4.79 Å². The maximum atomic E-state index is 12.6.